The Hall–Kier alpha value is -1.71. The normalized spacial score (nSPS) is 12.7. The number of thiophene rings is 1. The van der Waals surface area contributed by atoms with Gasteiger partial charge in [-0.1, -0.05) is 18.2 Å². The third-order valence-electron chi connectivity index (χ3n) is 3.53. The molecule has 20 heavy (non-hydrogen) atoms. The van der Waals surface area contributed by atoms with Gasteiger partial charge in [-0.05, 0) is 59.4 Å². The molecule has 1 atom stereocenters. The molecular weight excluding hydrogens is 266 g/mol. The molecule has 0 aliphatic carbocycles. The Morgan fingerprint density at radius 1 is 1.10 bits per heavy atom. The van der Waals surface area contributed by atoms with E-state index in [1.54, 1.807) is 23.7 Å². The second-order valence-corrected chi connectivity index (χ2v) is 5.92. The molecule has 0 saturated heterocycles. The van der Waals surface area contributed by atoms with Crippen molar-refractivity contribution in [3.05, 3.63) is 65.3 Å². The summed E-state index contributed by atoms with van der Waals surface area (Å²) in [6.07, 6.45) is 5.72. The van der Waals surface area contributed by atoms with Gasteiger partial charge in [0.1, 0.15) is 0 Å². The molecule has 1 unspecified atom stereocenters. The summed E-state index contributed by atoms with van der Waals surface area (Å²) in [5, 5.41) is 13.7. The fraction of sp³-hybridized carbons (Fsp3) is 0.235. The first kappa shape index (κ1) is 13.3. The number of hydrogen-bond donors (Lipinski definition) is 1. The zero-order chi connectivity index (χ0) is 13.8. The lowest BCUT2D eigenvalue weighted by atomic mass is 10.0. The van der Waals surface area contributed by atoms with Gasteiger partial charge in [0.15, 0.2) is 0 Å². The Balaban J connectivity index is 1.63. The van der Waals surface area contributed by atoms with Crippen LogP contribution in [0.3, 0.4) is 0 Å². The van der Waals surface area contributed by atoms with Crippen LogP contribution < -0.4 is 0 Å². The molecule has 0 radical (unpaired) electrons. The lowest BCUT2D eigenvalue weighted by Crippen LogP contribution is -2.11. The second-order valence-electron chi connectivity index (χ2n) is 5.01. The van der Waals surface area contributed by atoms with Gasteiger partial charge in [-0.15, -0.1) is 11.3 Å². The van der Waals surface area contributed by atoms with Crippen molar-refractivity contribution < 1.29 is 5.11 Å². The number of hydrogen-bond acceptors (Lipinski definition) is 3. The van der Waals surface area contributed by atoms with E-state index in [1.165, 1.54) is 21.2 Å². The summed E-state index contributed by atoms with van der Waals surface area (Å²) in [4.78, 5) is 4.01. The number of rotatable bonds is 5. The Kier molecular flexibility index (Phi) is 4.09. The van der Waals surface area contributed by atoms with Crippen LogP contribution in [-0.4, -0.2) is 16.2 Å². The Morgan fingerprint density at radius 2 is 1.90 bits per heavy atom. The molecule has 0 spiro atoms. The van der Waals surface area contributed by atoms with Crippen molar-refractivity contribution in [3.63, 3.8) is 0 Å². The Bertz CT molecular complexity index is 678. The average Bonchev–Trinajstić information content (AvgIpc) is 2.90. The molecule has 3 rings (SSSR count). The predicted octanol–water partition coefficient (Wildman–Crippen LogP) is 3.83. The van der Waals surface area contributed by atoms with Crippen molar-refractivity contribution in [2.45, 2.75) is 25.4 Å². The highest BCUT2D eigenvalue weighted by atomic mass is 32.1. The van der Waals surface area contributed by atoms with Gasteiger partial charge in [-0.2, -0.15) is 0 Å². The first-order chi connectivity index (χ1) is 9.83. The molecule has 0 aliphatic rings. The topological polar surface area (TPSA) is 33.1 Å². The summed E-state index contributed by atoms with van der Waals surface area (Å²) in [6.45, 7) is 0. The molecule has 3 aromatic rings. The molecule has 3 heteroatoms. The third kappa shape index (κ3) is 3.06. The second kappa shape index (κ2) is 6.16. The fourth-order valence-electron chi connectivity index (χ4n) is 2.43. The van der Waals surface area contributed by atoms with Crippen molar-refractivity contribution in [3.8, 4) is 0 Å². The summed E-state index contributed by atoms with van der Waals surface area (Å²) in [5.41, 5.74) is 2.49. The van der Waals surface area contributed by atoms with Crippen LogP contribution in [0.15, 0.2) is 54.2 Å². The summed E-state index contributed by atoms with van der Waals surface area (Å²) >= 11 is 1.75. The largest absolute Gasteiger partial charge is 0.393 e. The SMILES string of the molecule is OC(CCc1ccncc1)Cc1csc2ccccc12. The smallest absolute Gasteiger partial charge is 0.0584 e. The molecule has 0 aliphatic heterocycles. The average molecular weight is 283 g/mol. The zero-order valence-electron chi connectivity index (χ0n) is 11.2. The van der Waals surface area contributed by atoms with E-state index in [0.29, 0.717) is 0 Å². The van der Waals surface area contributed by atoms with Gasteiger partial charge < -0.3 is 5.11 Å². The monoisotopic (exact) mass is 283 g/mol. The zero-order valence-corrected chi connectivity index (χ0v) is 12.0. The van der Waals surface area contributed by atoms with Crippen molar-refractivity contribution in [1.82, 2.24) is 4.98 Å². The summed E-state index contributed by atoms with van der Waals surface area (Å²) < 4.78 is 1.30. The molecule has 102 valence electrons. The van der Waals surface area contributed by atoms with Crippen LogP contribution >= 0.6 is 11.3 Å². The summed E-state index contributed by atoms with van der Waals surface area (Å²) in [7, 11) is 0. The van der Waals surface area contributed by atoms with E-state index in [9.17, 15) is 5.11 Å². The lowest BCUT2D eigenvalue weighted by Gasteiger charge is -2.10. The first-order valence-electron chi connectivity index (χ1n) is 6.85. The molecule has 2 aromatic heterocycles. The number of aromatic nitrogens is 1. The van der Waals surface area contributed by atoms with Crippen molar-refractivity contribution >= 4 is 21.4 Å². The highest BCUT2D eigenvalue weighted by Gasteiger charge is 2.10. The lowest BCUT2D eigenvalue weighted by molar-refractivity contribution is 0.165. The maximum Gasteiger partial charge on any atom is 0.0584 e. The van der Waals surface area contributed by atoms with E-state index >= 15 is 0 Å². The number of aliphatic hydroxyl groups is 1. The van der Waals surface area contributed by atoms with Gasteiger partial charge in [0.2, 0.25) is 0 Å². The maximum absolute atomic E-state index is 10.2. The molecule has 0 amide bonds. The van der Waals surface area contributed by atoms with E-state index in [1.807, 2.05) is 12.1 Å². The highest BCUT2D eigenvalue weighted by Crippen LogP contribution is 2.27. The van der Waals surface area contributed by atoms with E-state index in [2.05, 4.69) is 34.6 Å². The third-order valence-corrected chi connectivity index (χ3v) is 4.54. The van der Waals surface area contributed by atoms with Crippen LogP contribution in [0.1, 0.15) is 17.5 Å². The van der Waals surface area contributed by atoms with Gasteiger partial charge >= 0.3 is 0 Å². The fourth-order valence-corrected chi connectivity index (χ4v) is 3.41. The number of benzene rings is 1. The Morgan fingerprint density at radius 3 is 2.75 bits per heavy atom. The van der Waals surface area contributed by atoms with Crippen molar-refractivity contribution in [1.29, 1.82) is 0 Å². The maximum atomic E-state index is 10.2. The minimum Gasteiger partial charge on any atom is -0.393 e. The highest BCUT2D eigenvalue weighted by molar-refractivity contribution is 7.17. The molecule has 0 saturated carbocycles. The summed E-state index contributed by atoms with van der Waals surface area (Å²) in [6, 6.07) is 12.4. The minimum absolute atomic E-state index is 0.291. The number of fused-ring (bicyclic) bond motifs is 1. The van der Waals surface area contributed by atoms with Gasteiger partial charge in [0.05, 0.1) is 6.10 Å². The van der Waals surface area contributed by atoms with Gasteiger partial charge in [-0.3, -0.25) is 4.98 Å². The molecule has 2 heterocycles. The molecular formula is C17H17NOS. The summed E-state index contributed by atoms with van der Waals surface area (Å²) in [5.74, 6) is 0. The van der Waals surface area contributed by atoms with Gasteiger partial charge in [0.25, 0.3) is 0 Å². The van der Waals surface area contributed by atoms with Gasteiger partial charge in [-0.25, -0.2) is 0 Å². The van der Waals surface area contributed by atoms with E-state index in [-0.39, 0.29) is 6.10 Å². The first-order valence-corrected chi connectivity index (χ1v) is 7.73. The quantitative estimate of drug-likeness (QED) is 0.772. The number of aryl methyl sites for hydroxylation is 1. The van der Waals surface area contributed by atoms with E-state index < -0.39 is 0 Å². The van der Waals surface area contributed by atoms with Crippen molar-refractivity contribution in [2.75, 3.05) is 0 Å². The van der Waals surface area contributed by atoms with Crippen LogP contribution in [0.2, 0.25) is 0 Å². The van der Waals surface area contributed by atoms with Gasteiger partial charge in [0, 0.05) is 17.1 Å². The number of aliphatic hydroxyl groups excluding tert-OH is 1. The number of pyridine rings is 1. The standard InChI is InChI=1S/C17H17NOS/c19-15(6-5-13-7-9-18-10-8-13)11-14-12-20-17-4-2-1-3-16(14)17/h1-4,7-10,12,15,19H,5-6,11H2. The van der Waals surface area contributed by atoms with Crippen molar-refractivity contribution in [2.24, 2.45) is 0 Å². The molecule has 1 N–H and O–H groups in total. The predicted molar refractivity (Wildman–Crippen MR) is 84.1 cm³/mol. The minimum atomic E-state index is -0.291. The number of nitrogens with zero attached hydrogens (tertiary/aromatic N) is 1. The van der Waals surface area contributed by atoms with Crippen LogP contribution in [0.25, 0.3) is 10.1 Å². The van der Waals surface area contributed by atoms with Crippen LogP contribution in [0.4, 0.5) is 0 Å². The molecule has 1 aromatic carbocycles. The molecule has 2 nitrogen and oxygen atoms in total. The van der Waals surface area contributed by atoms with Crippen LogP contribution in [0.5, 0.6) is 0 Å². The Labute approximate surface area is 122 Å². The van der Waals surface area contributed by atoms with Crippen LogP contribution in [0, 0.1) is 0 Å². The van der Waals surface area contributed by atoms with E-state index in [4.69, 9.17) is 0 Å². The molecule has 0 fully saturated rings. The molecule has 0 bridgehead atoms. The van der Waals surface area contributed by atoms with E-state index in [0.717, 1.165) is 19.3 Å². The van der Waals surface area contributed by atoms with Crippen LogP contribution in [-0.2, 0) is 12.8 Å².